The van der Waals surface area contributed by atoms with E-state index < -0.39 is 0 Å². The molecule has 68 valence electrons. The molecule has 1 N–H and O–H groups in total. The fourth-order valence-corrected chi connectivity index (χ4v) is 2.06. The van der Waals surface area contributed by atoms with Crippen molar-refractivity contribution in [3.8, 4) is 0 Å². The number of hydrogen-bond acceptors (Lipinski definition) is 2. The molecule has 2 aliphatic rings. The number of likely N-dealkylation sites (N-methyl/N-ethyl adjacent to an activating group) is 1. The van der Waals surface area contributed by atoms with Gasteiger partial charge < -0.3 is 10.2 Å². The number of rotatable bonds is 0. The maximum absolute atomic E-state index is 3.41. The first-order valence-corrected chi connectivity index (χ1v) is 3.79. The predicted octanol–water partition coefficient (Wildman–Crippen LogP) is 0.753. The van der Waals surface area contributed by atoms with E-state index >= 15 is 0 Å². The Kier molecular flexibility index (Phi) is 4.71. The molecule has 0 aromatic heterocycles. The molecule has 2 fully saturated rings. The van der Waals surface area contributed by atoms with Crippen molar-refractivity contribution in [2.75, 3.05) is 26.7 Å². The fraction of sp³-hybridized carbons (Fsp3) is 1.00. The molecular formula is C7H16Cl2N2. The van der Waals surface area contributed by atoms with Crippen LogP contribution >= 0.6 is 24.8 Å². The third-order valence-corrected chi connectivity index (χ3v) is 2.72. The van der Waals surface area contributed by atoms with Gasteiger partial charge >= 0.3 is 0 Å². The van der Waals surface area contributed by atoms with E-state index in [1.807, 2.05) is 0 Å². The fourth-order valence-electron chi connectivity index (χ4n) is 2.06. The van der Waals surface area contributed by atoms with Gasteiger partial charge in [-0.25, -0.2) is 0 Å². The molecule has 0 aromatic carbocycles. The van der Waals surface area contributed by atoms with Crippen molar-refractivity contribution in [1.29, 1.82) is 0 Å². The Balaban J connectivity index is 0.000000500. The summed E-state index contributed by atoms with van der Waals surface area (Å²) >= 11 is 0. The third-order valence-electron chi connectivity index (χ3n) is 2.72. The number of hydrogen-bond donors (Lipinski definition) is 1. The van der Waals surface area contributed by atoms with E-state index in [4.69, 9.17) is 0 Å². The van der Waals surface area contributed by atoms with Crippen LogP contribution in [0.4, 0.5) is 0 Å². The molecule has 0 aromatic rings. The highest BCUT2D eigenvalue weighted by atomic mass is 35.5. The second-order valence-electron chi connectivity index (χ2n) is 3.25. The monoisotopic (exact) mass is 198 g/mol. The molecule has 0 aliphatic carbocycles. The first-order chi connectivity index (χ1) is 4.38. The maximum atomic E-state index is 3.41. The van der Waals surface area contributed by atoms with Crippen molar-refractivity contribution in [1.82, 2.24) is 10.2 Å². The first kappa shape index (κ1) is 11.5. The van der Waals surface area contributed by atoms with E-state index in [1.165, 1.54) is 26.1 Å². The molecule has 2 saturated heterocycles. The largest absolute Gasteiger partial charge is 0.315 e. The van der Waals surface area contributed by atoms with Gasteiger partial charge in [0.1, 0.15) is 0 Å². The van der Waals surface area contributed by atoms with E-state index in [-0.39, 0.29) is 24.8 Å². The summed E-state index contributed by atoms with van der Waals surface area (Å²) in [5.74, 6) is 0.968. The lowest BCUT2D eigenvalue weighted by molar-refractivity contribution is 0.308. The normalized spacial score (nSPS) is 35.7. The van der Waals surface area contributed by atoms with Gasteiger partial charge in [-0.3, -0.25) is 0 Å². The van der Waals surface area contributed by atoms with Crippen LogP contribution in [0.2, 0.25) is 0 Å². The molecule has 0 unspecified atom stereocenters. The number of likely N-dealkylation sites (tertiary alicyclic amines) is 1. The molecule has 2 heterocycles. The molecule has 2 rings (SSSR count). The van der Waals surface area contributed by atoms with E-state index in [2.05, 4.69) is 17.3 Å². The van der Waals surface area contributed by atoms with E-state index in [1.54, 1.807) is 0 Å². The van der Waals surface area contributed by atoms with E-state index in [0.717, 1.165) is 12.0 Å². The highest BCUT2D eigenvalue weighted by molar-refractivity contribution is 5.85. The van der Waals surface area contributed by atoms with Crippen LogP contribution in [-0.2, 0) is 0 Å². The Bertz CT molecular complexity index is 121. The zero-order chi connectivity index (χ0) is 6.27. The molecule has 0 radical (unpaired) electrons. The van der Waals surface area contributed by atoms with Gasteiger partial charge in [0.2, 0.25) is 0 Å². The molecule has 4 heteroatoms. The summed E-state index contributed by atoms with van der Waals surface area (Å²) in [6.07, 6.45) is 1.41. The Morgan fingerprint density at radius 3 is 2.64 bits per heavy atom. The van der Waals surface area contributed by atoms with Gasteiger partial charge in [0, 0.05) is 12.6 Å². The van der Waals surface area contributed by atoms with Crippen molar-refractivity contribution in [3.05, 3.63) is 0 Å². The molecule has 0 spiro atoms. The Labute approximate surface area is 80.5 Å². The van der Waals surface area contributed by atoms with Crippen LogP contribution < -0.4 is 5.32 Å². The molecule has 2 nitrogen and oxygen atoms in total. The van der Waals surface area contributed by atoms with Crippen LogP contribution in [0, 0.1) is 5.92 Å². The Morgan fingerprint density at radius 2 is 2.00 bits per heavy atom. The van der Waals surface area contributed by atoms with E-state index in [0.29, 0.717) is 0 Å². The standard InChI is InChI=1S/C7H14N2.2ClH/c1-9-3-2-6-4-8-5-7(6)9;;/h6-8H,2-5H2,1H3;2*1H/t6-,7-;;/m1../s1. The van der Waals surface area contributed by atoms with Crippen LogP contribution in [0.1, 0.15) is 6.42 Å². The minimum absolute atomic E-state index is 0. The van der Waals surface area contributed by atoms with Crippen molar-refractivity contribution < 1.29 is 0 Å². The quantitative estimate of drug-likeness (QED) is 0.619. The molecular weight excluding hydrogens is 183 g/mol. The molecule has 2 aliphatic heterocycles. The minimum atomic E-state index is 0. The van der Waals surface area contributed by atoms with Crippen molar-refractivity contribution in [2.24, 2.45) is 5.92 Å². The SMILES string of the molecule is CN1CC[C@@H]2CNC[C@H]21.Cl.Cl. The lowest BCUT2D eigenvalue weighted by Gasteiger charge is -2.16. The van der Waals surface area contributed by atoms with Crippen LogP contribution in [0.25, 0.3) is 0 Å². The van der Waals surface area contributed by atoms with Gasteiger partial charge in [-0.2, -0.15) is 0 Å². The summed E-state index contributed by atoms with van der Waals surface area (Å²) in [4.78, 5) is 2.48. The van der Waals surface area contributed by atoms with Crippen molar-refractivity contribution in [3.63, 3.8) is 0 Å². The number of nitrogens with one attached hydrogen (secondary N) is 1. The second kappa shape index (κ2) is 4.51. The van der Waals surface area contributed by atoms with Crippen molar-refractivity contribution >= 4 is 24.8 Å². The summed E-state index contributed by atoms with van der Waals surface area (Å²) in [7, 11) is 2.23. The topological polar surface area (TPSA) is 15.3 Å². The Hall–Kier alpha value is 0.500. The van der Waals surface area contributed by atoms with Crippen molar-refractivity contribution in [2.45, 2.75) is 12.5 Å². The maximum Gasteiger partial charge on any atom is 0.0258 e. The number of nitrogens with zero attached hydrogens (tertiary/aromatic N) is 1. The zero-order valence-electron chi connectivity index (χ0n) is 6.75. The van der Waals surface area contributed by atoms with Crippen LogP contribution in [0.5, 0.6) is 0 Å². The summed E-state index contributed by atoms with van der Waals surface area (Å²) in [5.41, 5.74) is 0. The van der Waals surface area contributed by atoms with Gasteiger partial charge in [0.05, 0.1) is 0 Å². The number of halogens is 2. The van der Waals surface area contributed by atoms with Gasteiger partial charge in [-0.15, -0.1) is 24.8 Å². The first-order valence-electron chi connectivity index (χ1n) is 3.79. The molecule has 0 amide bonds. The van der Waals surface area contributed by atoms with Crippen LogP contribution in [0.15, 0.2) is 0 Å². The summed E-state index contributed by atoms with van der Waals surface area (Å²) in [6.45, 7) is 3.80. The van der Waals surface area contributed by atoms with Gasteiger partial charge in [0.15, 0.2) is 0 Å². The molecule has 0 bridgehead atoms. The summed E-state index contributed by atoms with van der Waals surface area (Å²) < 4.78 is 0. The predicted molar refractivity (Wildman–Crippen MR) is 51.9 cm³/mol. The highest BCUT2D eigenvalue weighted by Gasteiger charge is 2.34. The summed E-state index contributed by atoms with van der Waals surface area (Å²) in [6, 6.07) is 0.866. The van der Waals surface area contributed by atoms with Crippen LogP contribution in [-0.4, -0.2) is 37.6 Å². The second-order valence-corrected chi connectivity index (χ2v) is 3.25. The van der Waals surface area contributed by atoms with Gasteiger partial charge in [0.25, 0.3) is 0 Å². The lowest BCUT2D eigenvalue weighted by atomic mass is 10.1. The number of fused-ring (bicyclic) bond motifs is 1. The average Bonchev–Trinajstić information content (AvgIpc) is 2.35. The minimum Gasteiger partial charge on any atom is -0.315 e. The third kappa shape index (κ3) is 2.00. The lowest BCUT2D eigenvalue weighted by Crippen LogP contribution is -2.30. The smallest absolute Gasteiger partial charge is 0.0258 e. The van der Waals surface area contributed by atoms with Crippen LogP contribution in [0.3, 0.4) is 0 Å². The zero-order valence-corrected chi connectivity index (χ0v) is 8.38. The van der Waals surface area contributed by atoms with Gasteiger partial charge in [-0.05, 0) is 32.5 Å². The van der Waals surface area contributed by atoms with Gasteiger partial charge in [-0.1, -0.05) is 0 Å². The summed E-state index contributed by atoms with van der Waals surface area (Å²) in [5, 5.41) is 3.41. The average molecular weight is 199 g/mol. The molecule has 0 saturated carbocycles. The molecule has 11 heavy (non-hydrogen) atoms. The Morgan fingerprint density at radius 1 is 1.27 bits per heavy atom. The van der Waals surface area contributed by atoms with E-state index in [9.17, 15) is 0 Å². The highest BCUT2D eigenvalue weighted by Crippen LogP contribution is 2.24. The molecule has 2 atom stereocenters.